The van der Waals surface area contributed by atoms with Gasteiger partial charge in [-0.1, -0.05) is 24.3 Å². The summed E-state index contributed by atoms with van der Waals surface area (Å²) in [5, 5.41) is 4.38. The number of benzene rings is 1. The van der Waals surface area contributed by atoms with Crippen LogP contribution in [0.2, 0.25) is 0 Å². The summed E-state index contributed by atoms with van der Waals surface area (Å²) in [5.74, 6) is -0.951. The lowest BCUT2D eigenvalue weighted by Gasteiger charge is -2.14. The molecule has 0 aliphatic carbocycles. The number of nitrogens with zero attached hydrogens (tertiary/aromatic N) is 4. The van der Waals surface area contributed by atoms with Gasteiger partial charge in [-0.2, -0.15) is 4.98 Å². The van der Waals surface area contributed by atoms with Crippen molar-refractivity contribution in [2.75, 3.05) is 4.90 Å². The molecule has 7 heteroatoms. The maximum atomic E-state index is 12.7. The van der Waals surface area contributed by atoms with Crippen LogP contribution in [0.1, 0.15) is 24.0 Å². The lowest BCUT2D eigenvalue weighted by molar-refractivity contribution is -0.124. The van der Waals surface area contributed by atoms with Gasteiger partial charge in [-0.05, 0) is 30.9 Å². The van der Waals surface area contributed by atoms with Gasteiger partial charge >= 0.3 is 0 Å². The van der Waals surface area contributed by atoms with Crippen LogP contribution in [0.3, 0.4) is 0 Å². The Bertz CT molecular complexity index is 849. The standard InChI is InChI=1S/C18H18N4O3/c1-10-4-2-3-5-11(10)8-21-9-19-18(20-21)22-16(23)14-12-6-7-13(25-12)15(14)17(22)24/h2-5,9,12-15H,6-8H2,1H3. The Morgan fingerprint density at radius 2 is 1.80 bits per heavy atom. The van der Waals surface area contributed by atoms with Gasteiger partial charge in [0.25, 0.3) is 5.95 Å². The fourth-order valence-electron chi connectivity index (χ4n) is 4.33. The number of aromatic nitrogens is 3. The molecule has 0 spiro atoms. The molecule has 4 atom stereocenters. The van der Waals surface area contributed by atoms with Gasteiger partial charge in [-0.15, -0.1) is 5.10 Å². The molecule has 0 saturated carbocycles. The first-order chi connectivity index (χ1) is 12.1. The molecule has 25 heavy (non-hydrogen) atoms. The van der Waals surface area contributed by atoms with Crippen molar-refractivity contribution in [3.05, 3.63) is 41.7 Å². The Kier molecular flexibility index (Phi) is 3.09. The van der Waals surface area contributed by atoms with Gasteiger partial charge < -0.3 is 4.74 Å². The van der Waals surface area contributed by atoms with E-state index in [4.69, 9.17) is 4.74 Å². The summed E-state index contributed by atoms with van der Waals surface area (Å²) >= 11 is 0. The van der Waals surface area contributed by atoms with E-state index in [1.165, 1.54) is 0 Å². The number of carbonyl (C=O) groups excluding carboxylic acids is 2. The Hall–Kier alpha value is -2.54. The molecule has 7 nitrogen and oxygen atoms in total. The average Bonchev–Trinajstić information content (AvgIpc) is 3.35. The van der Waals surface area contributed by atoms with E-state index >= 15 is 0 Å². The molecule has 0 radical (unpaired) electrons. The summed E-state index contributed by atoms with van der Waals surface area (Å²) in [7, 11) is 0. The van der Waals surface area contributed by atoms with Crippen LogP contribution < -0.4 is 4.90 Å². The maximum absolute atomic E-state index is 12.7. The number of rotatable bonds is 3. The highest BCUT2D eigenvalue weighted by Crippen LogP contribution is 2.48. The van der Waals surface area contributed by atoms with Gasteiger partial charge in [0.05, 0.1) is 30.6 Å². The topological polar surface area (TPSA) is 77.3 Å². The van der Waals surface area contributed by atoms with Gasteiger partial charge in [0.1, 0.15) is 6.33 Å². The highest BCUT2D eigenvalue weighted by molar-refractivity contribution is 6.21. The number of anilines is 1. The Morgan fingerprint density at radius 1 is 1.12 bits per heavy atom. The zero-order chi connectivity index (χ0) is 17.1. The zero-order valence-electron chi connectivity index (χ0n) is 13.8. The van der Waals surface area contributed by atoms with Crippen molar-refractivity contribution >= 4 is 17.8 Å². The van der Waals surface area contributed by atoms with Gasteiger partial charge in [-0.3, -0.25) is 9.59 Å². The number of amides is 2. The van der Waals surface area contributed by atoms with Crippen molar-refractivity contribution in [1.29, 1.82) is 0 Å². The Labute approximate surface area is 144 Å². The summed E-state index contributed by atoms with van der Waals surface area (Å²) in [6.45, 7) is 2.59. The molecule has 4 unspecified atom stereocenters. The molecule has 4 heterocycles. The second-order valence-corrected chi connectivity index (χ2v) is 7.02. The molecule has 2 amide bonds. The minimum absolute atomic E-state index is 0.120. The highest BCUT2D eigenvalue weighted by Gasteiger charge is 2.63. The predicted molar refractivity (Wildman–Crippen MR) is 87.7 cm³/mol. The van der Waals surface area contributed by atoms with E-state index in [2.05, 4.69) is 10.1 Å². The van der Waals surface area contributed by atoms with Crippen LogP contribution in [0.15, 0.2) is 30.6 Å². The number of imide groups is 1. The number of aryl methyl sites for hydroxylation is 1. The molecule has 2 bridgehead atoms. The second kappa shape index (κ2) is 5.23. The number of hydrogen-bond acceptors (Lipinski definition) is 5. The summed E-state index contributed by atoms with van der Waals surface area (Å²) in [6, 6.07) is 8.03. The molecule has 1 aromatic heterocycles. The fraction of sp³-hybridized carbons (Fsp3) is 0.444. The van der Waals surface area contributed by atoms with Crippen molar-refractivity contribution in [2.45, 2.75) is 38.5 Å². The summed E-state index contributed by atoms with van der Waals surface area (Å²) in [5.41, 5.74) is 2.29. The average molecular weight is 338 g/mol. The van der Waals surface area contributed by atoms with E-state index in [0.717, 1.165) is 28.9 Å². The Morgan fingerprint density at radius 3 is 2.48 bits per heavy atom. The smallest absolute Gasteiger partial charge is 0.258 e. The van der Waals surface area contributed by atoms with Crippen LogP contribution in [0.25, 0.3) is 0 Å². The van der Waals surface area contributed by atoms with E-state index in [-0.39, 0.29) is 41.8 Å². The molecule has 3 aliphatic rings. The van der Waals surface area contributed by atoms with Gasteiger partial charge in [0.15, 0.2) is 0 Å². The monoisotopic (exact) mass is 338 g/mol. The van der Waals surface area contributed by atoms with E-state index in [1.807, 2.05) is 31.2 Å². The SMILES string of the molecule is Cc1ccccc1Cn1cnc(N2C(=O)C3C4CCC(O4)C3C2=O)n1. The fourth-order valence-corrected chi connectivity index (χ4v) is 4.33. The molecule has 1 aromatic carbocycles. The normalized spacial score (nSPS) is 30.4. The first-order valence-electron chi connectivity index (χ1n) is 8.61. The number of fused-ring (bicyclic) bond motifs is 5. The summed E-state index contributed by atoms with van der Waals surface area (Å²) < 4.78 is 7.41. The van der Waals surface area contributed by atoms with Crippen LogP contribution in [0.4, 0.5) is 5.95 Å². The van der Waals surface area contributed by atoms with Crippen molar-refractivity contribution < 1.29 is 14.3 Å². The van der Waals surface area contributed by atoms with Crippen molar-refractivity contribution in [3.63, 3.8) is 0 Å². The number of hydrogen-bond donors (Lipinski definition) is 0. The maximum Gasteiger partial charge on any atom is 0.258 e. The first-order valence-corrected chi connectivity index (χ1v) is 8.61. The van der Waals surface area contributed by atoms with Crippen LogP contribution in [0, 0.1) is 18.8 Å². The third kappa shape index (κ3) is 2.08. The van der Waals surface area contributed by atoms with Crippen LogP contribution in [0.5, 0.6) is 0 Å². The van der Waals surface area contributed by atoms with E-state index in [1.54, 1.807) is 11.0 Å². The molecular formula is C18H18N4O3. The zero-order valence-corrected chi connectivity index (χ0v) is 13.8. The van der Waals surface area contributed by atoms with Crippen LogP contribution >= 0.6 is 0 Å². The van der Waals surface area contributed by atoms with Crippen LogP contribution in [-0.2, 0) is 20.9 Å². The third-order valence-electron chi connectivity index (χ3n) is 5.60. The quantitative estimate of drug-likeness (QED) is 0.789. The third-order valence-corrected chi connectivity index (χ3v) is 5.60. The molecule has 5 rings (SSSR count). The molecule has 3 aliphatic heterocycles. The van der Waals surface area contributed by atoms with Crippen molar-refractivity contribution in [3.8, 4) is 0 Å². The minimum atomic E-state index is -0.352. The molecule has 0 N–H and O–H groups in total. The molecule has 3 fully saturated rings. The number of ether oxygens (including phenoxy) is 1. The number of carbonyl (C=O) groups is 2. The van der Waals surface area contributed by atoms with Gasteiger partial charge in [0, 0.05) is 0 Å². The minimum Gasteiger partial charge on any atom is -0.373 e. The van der Waals surface area contributed by atoms with Gasteiger partial charge in [-0.25, -0.2) is 9.58 Å². The van der Waals surface area contributed by atoms with Crippen molar-refractivity contribution in [1.82, 2.24) is 14.8 Å². The second-order valence-electron chi connectivity index (χ2n) is 7.02. The van der Waals surface area contributed by atoms with E-state index in [0.29, 0.717) is 6.54 Å². The molecule has 2 aromatic rings. The lowest BCUT2D eigenvalue weighted by atomic mass is 9.81. The van der Waals surface area contributed by atoms with Gasteiger partial charge in [0.2, 0.25) is 11.8 Å². The largest absolute Gasteiger partial charge is 0.373 e. The van der Waals surface area contributed by atoms with Crippen LogP contribution in [-0.4, -0.2) is 38.8 Å². The first kappa shape index (κ1) is 14.8. The van der Waals surface area contributed by atoms with E-state index in [9.17, 15) is 9.59 Å². The molecule has 128 valence electrons. The molecule has 3 saturated heterocycles. The highest BCUT2D eigenvalue weighted by atomic mass is 16.5. The lowest BCUT2D eigenvalue weighted by Crippen LogP contribution is -2.35. The summed E-state index contributed by atoms with van der Waals surface area (Å²) in [4.78, 5) is 30.9. The van der Waals surface area contributed by atoms with Crippen molar-refractivity contribution in [2.24, 2.45) is 11.8 Å². The Balaban J connectivity index is 1.41. The predicted octanol–water partition coefficient (Wildman–Crippen LogP) is 1.30. The molecular weight excluding hydrogens is 320 g/mol. The summed E-state index contributed by atoms with van der Waals surface area (Å²) in [6.07, 6.45) is 3.04. The van der Waals surface area contributed by atoms with E-state index < -0.39 is 0 Å².